The molecule has 38 heavy (non-hydrogen) atoms. The molecule has 0 saturated heterocycles. The molecule has 188 valence electrons. The van der Waals surface area contributed by atoms with Crippen molar-refractivity contribution in [3.63, 3.8) is 0 Å². The Morgan fingerprint density at radius 1 is 1.08 bits per heavy atom. The van der Waals surface area contributed by atoms with Gasteiger partial charge >= 0.3 is 5.97 Å². The van der Waals surface area contributed by atoms with E-state index < -0.39 is 0 Å². The Balaban J connectivity index is 1.27. The van der Waals surface area contributed by atoms with Crippen molar-refractivity contribution < 1.29 is 13.9 Å². The van der Waals surface area contributed by atoms with Crippen LogP contribution in [0.4, 0.5) is 21.6 Å². The smallest absolute Gasteiger partial charge is 0.339 e. The van der Waals surface area contributed by atoms with Gasteiger partial charge in [0.1, 0.15) is 18.0 Å². The third-order valence-corrected chi connectivity index (χ3v) is 6.49. The Bertz CT molecular complexity index is 1700. The number of anilines is 3. The van der Waals surface area contributed by atoms with E-state index in [2.05, 4.69) is 20.6 Å². The van der Waals surface area contributed by atoms with Gasteiger partial charge in [0.05, 0.1) is 17.7 Å². The summed E-state index contributed by atoms with van der Waals surface area (Å²) in [7, 11) is 0. The highest BCUT2D eigenvalue weighted by atomic mass is 19.1. The van der Waals surface area contributed by atoms with Gasteiger partial charge in [-0.05, 0) is 59.7 Å². The fourth-order valence-electron chi connectivity index (χ4n) is 4.57. The van der Waals surface area contributed by atoms with Gasteiger partial charge in [-0.2, -0.15) is 0 Å². The maximum absolute atomic E-state index is 13.5. The first-order valence-electron chi connectivity index (χ1n) is 12.1. The lowest BCUT2D eigenvalue weighted by molar-refractivity contribution is 0.0481. The lowest BCUT2D eigenvalue weighted by Gasteiger charge is -2.14. The summed E-state index contributed by atoms with van der Waals surface area (Å²) < 4.78 is 20.6. The maximum Gasteiger partial charge on any atom is 0.339 e. The van der Waals surface area contributed by atoms with Crippen molar-refractivity contribution in [3.8, 4) is 5.69 Å². The number of carbonyl (C=O) groups is 1. The van der Waals surface area contributed by atoms with E-state index in [1.165, 1.54) is 24.7 Å². The van der Waals surface area contributed by atoms with E-state index in [0.717, 1.165) is 39.1 Å². The molecule has 5 aromatic rings. The Hall–Kier alpha value is -5.05. The van der Waals surface area contributed by atoms with Gasteiger partial charge in [0.25, 0.3) is 0 Å². The Morgan fingerprint density at radius 2 is 2.00 bits per heavy atom. The van der Waals surface area contributed by atoms with Crippen LogP contribution < -0.4 is 10.6 Å². The maximum atomic E-state index is 13.5. The Morgan fingerprint density at radius 3 is 2.84 bits per heavy atom. The van der Waals surface area contributed by atoms with Crippen molar-refractivity contribution in [1.29, 1.82) is 5.41 Å². The first-order valence-corrected chi connectivity index (χ1v) is 12.1. The standard InChI is InChI=1S/C29H23FN6O2/c30-21-3-1-2-18(10-21)14-32-26-6-4-22(11-20(26)13-31)35-28-24-12-23(5-7-27(24)33-17-34-28)36-15-19-8-9-38-29(37)25(19)16-36/h1-7,10-13,15-17,31-32H,8-9,14H2,(H,33,34,35). The summed E-state index contributed by atoms with van der Waals surface area (Å²) in [5, 5.41) is 15.3. The summed E-state index contributed by atoms with van der Waals surface area (Å²) in [5.41, 5.74) is 6.20. The third kappa shape index (κ3) is 4.57. The van der Waals surface area contributed by atoms with E-state index >= 15 is 0 Å². The number of esters is 1. The van der Waals surface area contributed by atoms with Gasteiger partial charge < -0.3 is 25.3 Å². The van der Waals surface area contributed by atoms with Crippen molar-refractivity contribution in [2.24, 2.45) is 0 Å². The van der Waals surface area contributed by atoms with Gasteiger partial charge in [-0.3, -0.25) is 0 Å². The zero-order chi connectivity index (χ0) is 26.1. The van der Waals surface area contributed by atoms with Crippen molar-refractivity contribution >= 4 is 40.3 Å². The number of benzene rings is 3. The van der Waals surface area contributed by atoms with Crippen molar-refractivity contribution in [1.82, 2.24) is 14.5 Å². The van der Waals surface area contributed by atoms with E-state index in [1.54, 1.807) is 12.3 Å². The summed E-state index contributed by atoms with van der Waals surface area (Å²) in [6, 6.07) is 17.9. The molecular weight excluding hydrogens is 483 g/mol. The van der Waals surface area contributed by atoms with Crippen LogP contribution in [0.5, 0.6) is 0 Å². The Kier molecular flexibility index (Phi) is 6.01. The highest BCUT2D eigenvalue weighted by Gasteiger charge is 2.21. The molecule has 0 fully saturated rings. The molecule has 0 spiro atoms. The van der Waals surface area contributed by atoms with Crippen LogP contribution in [0, 0.1) is 11.2 Å². The van der Waals surface area contributed by atoms with Gasteiger partial charge in [-0.25, -0.2) is 19.2 Å². The molecular formula is C29H23FN6O2. The van der Waals surface area contributed by atoms with Crippen LogP contribution in [-0.2, 0) is 17.7 Å². The normalized spacial score (nSPS) is 12.6. The second kappa shape index (κ2) is 9.78. The predicted molar refractivity (Wildman–Crippen MR) is 144 cm³/mol. The minimum atomic E-state index is -0.299. The Labute approximate surface area is 217 Å². The molecule has 9 heteroatoms. The van der Waals surface area contributed by atoms with Gasteiger partial charge in [0.2, 0.25) is 0 Å². The molecule has 3 N–H and O–H groups in total. The number of fused-ring (bicyclic) bond motifs is 2. The molecule has 6 rings (SSSR count). The molecule has 0 saturated carbocycles. The average Bonchev–Trinajstić information content (AvgIpc) is 3.38. The molecule has 2 aromatic heterocycles. The average molecular weight is 507 g/mol. The molecule has 0 radical (unpaired) electrons. The summed E-state index contributed by atoms with van der Waals surface area (Å²) >= 11 is 0. The lowest BCUT2D eigenvalue weighted by atomic mass is 10.1. The number of nitrogens with one attached hydrogen (secondary N) is 3. The predicted octanol–water partition coefficient (Wildman–Crippen LogP) is 5.63. The third-order valence-electron chi connectivity index (χ3n) is 6.49. The fourth-order valence-corrected chi connectivity index (χ4v) is 4.57. The lowest BCUT2D eigenvalue weighted by Crippen LogP contribution is -2.15. The fraction of sp³-hybridized carbons (Fsp3) is 0.103. The molecule has 3 aromatic carbocycles. The number of cyclic esters (lactones) is 1. The van der Waals surface area contributed by atoms with E-state index in [0.29, 0.717) is 36.5 Å². The number of rotatable bonds is 7. The van der Waals surface area contributed by atoms with Crippen LogP contribution in [-0.4, -0.2) is 33.3 Å². The van der Waals surface area contributed by atoms with Crippen molar-refractivity contribution in [2.45, 2.75) is 13.0 Å². The summed E-state index contributed by atoms with van der Waals surface area (Å²) in [5.74, 6) is 0.0344. The van der Waals surface area contributed by atoms with Gasteiger partial charge in [0, 0.05) is 59.6 Å². The molecule has 3 heterocycles. The second-order valence-corrected chi connectivity index (χ2v) is 8.97. The zero-order valence-corrected chi connectivity index (χ0v) is 20.2. The van der Waals surface area contributed by atoms with Gasteiger partial charge in [0.15, 0.2) is 0 Å². The van der Waals surface area contributed by atoms with E-state index in [4.69, 9.17) is 10.1 Å². The topological polar surface area (TPSA) is 105 Å². The number of ether oxygens (including phenoxy) is 1. The van der Waals surface area contributed by atoms with E-state index in [-0.39, 0.29) is 11.8 Å². The molecule has 0 unspecified atom stereocenters. The largest absolute Gasteiger partial charge is 0.462 e. The summed E-state index contributed by atoms with van der Waals surface area (Å²) in [6.07, 6.45) is 7.22. The van der Waals surface area contributed by atoms with Gasteiger partial charge in [-0.15, -0.1) is 0 Å². The molecule has 0 amide bonds. The minimum absolute atomic E-state index is 0.282. The van der Waals surface area contributed by atoms with Crippen LogP contribution in [0.1, 0.15) is 27.0 Å². The van der Waals surface area contributed by atoms with E-state index in [1.807, 2.05) is 53.2 Å². The second-order valence-electron chi connectivity index (χ2n) is 8.97. The highest BCUT2D eigenvalue weighted by Crippen LogP contribution is 2.29. The SMILES string of the molecule is N=Cc1cc(Nc2ncnc3ccc(-n4cc5c(c4)C(=O)OCC5)cc23)ccc1NCc1cccc(F)c1. The van der Waals surface area contributed by atoms with Gasteiger partial charge in [-0.1, -0.05) is 12.1 Å². The monoisotopic (exact) mass is 506 g/mol. The molecule has 0 aliphatic carbocycles. The number of hydrogen-bond donors (Lipinski definition) is 3. The molecule has 1 aliphatic heterocycles. The molecule has 0 bridgehead atoms. The van der Waals surface area contributed by atoms with Crippen LogP contribution in [0.2, 0.25) is 0 Å². The molecule has 8 nitrogen and oxygen atoms in total. The first-order chi connectivity index (χ1) is 18.6. The van der Waals surface area contributed by atoms with Crippen LogP contribution in [0.3, 0.4) is 0 Å². The molecule has 0 atom stereocenters. The van der Waals surface area contributed by atoms with Crippen molar-refractivity contribution in [2.75, 3.05) is 17.2 Å². The number of hydrogen-bond acceptors (Lipinski definition) is 7. The summed E-state index contributed by atoms with van der Waals surface area (Å²) in [4.78, 5) is 21.0. The van der Waals surface area contributed by atoms with Crippen molar-refractivity contribution in [3.05, 3.63) is 107 Å². The number of carbonyl (C=O) groups excluding carboxylic acids is 1. The zero-order valence-electron chi connectivity index (χ0n) is 20.2. The number of aromatic nitrogens is 3. The number of nitrogens with zero attached hydrogens (tertiary/aromatic N) is 3. The van der Waals surface area contributed by atoms with E-state index in [9.17, 15) is 9.18 Å². The molecule has 1 aliphatic rings. The van der Waals surface area contributed by atoms with Crippen LogP contribution in [0.15, 0.2) is 79.4 Å². The van der Waals surface area contributed by atoms with Crippen LogP contribution in [0.25, 0.3) is 16.6 Å². The summed E-state index contributed by atoms with van der Waals surface area (Å²) in [6.45, 7) is 0.831. The first kappa shape index (κ1) is 23.4. The van der Waals surface area contributed by atoms with Crippen LogP contribution >= 0.6 is 0 Å². The quantitative estimate of drug-likeness (QED) is 0.195. The minimum Gasteiger partial charge on any atom is -0.462 e. The number of halogens is 1. The highest BCUT2D eigenvalue weighted by molar-refractivity contribution is 5.94.